The van der Waals surface area contributed by atoms with Crippen LogP contribution in [0.2, 0.25) is 5.02 Å². The second-order valence-electron chi connectivity index (χ2n) is 4.58. The first kappa shape index (κ1) is 13.8. The molecular weight excluding hydrogens is 263 g/mol. The number of aryl methyl sites for hydroxylation is 1. The van der Waals surface area contributed by atoms with Crippen molar-refractivity contribution in [2.75, 3.05) is 0 Å². The molecular formula is C16H14ClFO. The minimum Gasteiger partial charge on any atom is -0.293 e. The van der Waals surface area contributed by atoms with E-state index >= 15 is 0 Å². The van der Waals surface area contributed by atoms with Gasteiger partial charge in [0.15, 0.2) is 5.78 Å². The van der Waals surface area contributed by atoms with Gasteiger partial charge in [-0.25, -0.2) is 4.39 Å². The van der Waals surface area contributed by atoms with Crippen LogP contribution in [0.4, 0.5) is 4.39 Å². The molecule has 0 bridgehead atoms. The van der Waals surface area contributed by atoms with E-state index in [4.69, 9.17) is 11.6 Å². The summed E-state index contributed by atoms with van der Waals surface area (Å²) in [5.74, 6) is -0.795. The molecule has 0 saturated carbocycles. The van der Waals surface area contributed by atoms with Gasteiger partial charge in [-0.15, -0.1) is 0 Å². The fraction of sp³-hybridized carbons (Fsp3) is 0.188. The third kappa shape index (κ3) is 2.85. The summed E-state index contributed by atoms with van der Waals surface area (Å²) in [6.07, 6.45) is 0. The lowest BCUT2D eigenvalue weighted by molar-refractivity contribution is 0.0966. The first-order valence-electron chi connectivity index (χ1n) is 6.05. The number of hydrogen-bond acceptors (Lipinski definition) is 1. The normalized spacial score (nSPS) is 12.2. The molecule has 0 fully saturated rings. The fourth-order valence-electron chi connectivity index (χ4n) is 1.97. The second-order valence-corrected chi connectivity index (χ2v) is 4.99. The minimum absolute atomic E-state index is 0.0979. The number of Topliss-reactive ketones (excluding diaryl/α,β-unsaturated/α-hetero) is 1. The predicted molar refractivity (Wildman–Crippen MR) is 75.3 cm³/mol. The number of rotatable bonds is 3. The van der Waals surface area contributed by atoms with Gasteiger partial charge in [-0.1, -0.05) is 48.9 Å². The number of carbonyl (C=O) groups excluding carboxylic acids is 1. The molecule has 2 aromatic carbocycles. The van der Waals surface area contributed by atoms with Crippen molar-refractivity contribution >= 4 is 17.4 Å². The van der Waals surface area contributed by atoms with Crippen molar-refractivity contribution in [3.63, 3.8) is 0 Å². The molecule has 0 radical (unpaired) electrons. The summed E-state index contributed by atoms with van der Waals surface area (Å²) in [4.78, 5) is 12.4. The topological polar surface area (TPSA) is 17.1 Å². The smallest absolute Gasteiger partial charge is 0.171 e. The molecule has 0 N–H and O–H groups in total. The van der Waals surface area contributed by atoms with E-state index < -0.39 is 5.82 Å². The summed E-state index contributed by atoms with van der Waals surface area (Å²) in [7, 11) is 0. The SMILES string of the molecule is Cc1cc(C(=O)C(C)c2ccccc2)c(Cl)cc1F. The van der Waals surface area contributed by atoms with Crippen LogP contribution in [0.5, 0.6) is 0 Å². The number of ketones is 1. The molecule has 0 aliphatic heterocycles. The van der Waals surface area contributed by atoms with Crippen molar-refractivity contribution in [2.24, 2.45) is 0 Å². The van der Waals surface area contributed by atoms with Crippen LogP contribution < -0.4 is 0 Å². The van der Waals surface area contributed by atoms with Gasteiger partial charge < -0.3 is 0 Å². The standard InChI is InChI=1S/C16H14ClFO/c1-10-8-13(14(17)9-15(10)18)16(19)11(2)12-6-4-3-5-7-12/h3-9,11H,1-2H3. The van der Waals surface area contributed by atoms with Crippen LogP contribution in [0.15, 0.2) is 42.5 Å². The summed E-state index contributed by atoms with van der Waals surface area (Å²) >= 11 is 5.97. The summed E-state index contributed by atoms with van der Waals surface area (Å²) in [5.41, 5.74) is 1.72. The second kappa shape index (κ2) is 5.54. The zero-order valence-corrected chi connectivity index (χ0v) is 11.5. The number of benzene rings is 2. The van der Waals surface area contributed by atoms with Crippen molar-refractivity contribution in [1.29, 1.82) is 0 Å². The lowest BCUT2D eigenvalue weighted by Gasteiger charge is -2.13. The summed E-state index contributed by atoms with van der Waals surface area (Å²) in [6.45, 7) is 3.45. The lowest BCUT2D eigenvalue weighted by atomic mass is 9.92. The highest BCUT2D eigenvalue weighted by molar-refractivity contribution is 6.34. The van der Waals surface area contributed by atoms with Gasteiger partial charge in [0.2, 0.25) is 0 Å². The number of carbonyl (C=O) groups is 1. The van der Waals surface area contributed by atoms with Crippen LogP contribution in [0.25, 0.3) is 0 Å². The average molecular weight is 277 g/mol. The molecule has 1 unspecified atom stereocenters. The van der Waals surface area contributed by atoms with Crippen LogP contribution >= 0.6 is 11.6 Å². The Labute approximate surface area is 117 Å². The quantitative estimate of drug-likeness (QED) is 0.738. The van der Waals surface area contributed by atoms with E-state index in [2.05, 4.69) is 0 Å². The minimum atomic E-state index is -0.395. The Morgan fingerprint density at radius 2 is 1.84 bits per heavy atom. The molecule has 2 rings (SSSR count). The maximum atomic E-state index is 13.4. The first-order chi connectivity index (χ1) is 9.00. The van der Waals surface area contributed by atoms with Gasteiger partial charge in [0, 0.05) is 11.5 Å². The van der Waals surface area contributed by atoms with Crippen LogP contribution in [-0.4, -0.2) is 5.78 Å². The maximum absolute atomic E-state index is 13.4. The van der Waals surface area contributed by atoms with Crippen LogP contribution in [0.3, 0.4) is 0 Å². The Hall–Kier alpha value is -1.67. The highest BCUT2D eigenvalue weighted by Gasteiger charge is 2.20. The van der Waals surface area contributed by atoms with E-state index in [9.17, 15) is 9.18 Å². The van der Waals surface area contributed by atoms with Crippen molar-refractivity contribution in [1.82, 2.24) is 0 Å². The van der Waals surface area contributed by atoms with E-state index in [1.807, 2.05) is 37.3 Å². The van der Waals surface area contributed by atoms with E-state index in [1.165, 1.54) is 12.1 Å². The predicted octanol–water partition coefficient (Wildman–Crippen LogP) is 4.77. The van der Waals surface area contributed by atoms with Gasteiger partial charge in [0.25, 0.3) is 0 Å². The molecule has 0 amide bonds. The van der Waals surface area contributed by atoms with Crippen LogP contribution in [0.1, 0.15) is 34.3 Å². The zero-order chi connectivity index (χ0) is 14.0. The van der Waals surface area contributed by atoms with Gasteiger partial charge >= 0.3 is 0 Å². The summed E-state index contributed by atoms with van der Waals surface area (Å²) < 4.78 is 13.4. The molecule has 0 spiro atoms. The molecule has 0 saturated heterocycles. The van der Waals surface area contributed by atoms with Gasteiger partial charge in [-0.3, -0.25) is 4.79 Å². The molecule has 1 atom stereocenters. The van der Waals surface area contributed by atoms with Gasteiger partial charge in [0.1, 0.15) is 5.82 Å². The summed E-state index contributed by atoms with van der Waals surface area (Å²) in [5, 5.41) is 0.163. The highest BCUT2D eigenvalue weighted by atomic mass is 35.5. The van der Waals surface area contributed by atoms with Gasteiger partial charge in [0.05, 0.1) is 5.02 Å². The molecule has 19 heavy (non-hydrogen) atoms. The Balaban J connectivity index is 2.37. The Bertz CT molecular complexity index is 608. The molecule has 98 valence electrons. The molecule has 0 aliphatic rings. The average Bonchev–Trinajstić information content (AvgIpc) is 2.42. The molecule has 0 aromatic heterocycles. The molecule has 2 aromatic rings. The van der Waals surface area contributed by atoms with Crippen molar-refractivity contribution in [3.05, 3.63) is 70.0 Å². The van der Waals surface area contributed by atoms with Crippen LogP contribution in [0, 0.1) is 12.7 Å². The third-order valence-electron chi connectivity index (χ3n) is 3.21. The highest BCUT2D eigenvalue weighted by Crippen LogP contribution is 2.27. The third-order valence-corrected chi connectivity index (χ3v) is 3.52. The van der Waals surface area contributed by atoms with E-state index in [1.54, 1.807) is 6.92 Å². The Kier molecular flexibility index (Phi) is 4.01. The summed E-state index contributed by atoms with van der Waals surface area (Å²) in [6, 6.07) is 12.2. The van der Waals surface area contributed by atoms with E-state index in [0.717, 1.165) is 5.56 Å². The molecule has 0 heterocycles. The largest absolute Gasteiger partial charge is 0.293 e. The first-order valence-corrected chi connectivity index (χ1v) is 6.43. The fourth-order valence-corrected chi connectivity index (χ4v) is 2.22. The lowest BCUT2D eigenvalue weighted by Crippen LogP contribution is -2.11. The Morgan fingerprint density at radius 1 is 1.21 bits per heavy atom. The van der Waals surface area contributed by atoms with E-state index in [0.29, 0.717) is 11.1 Å². The zero-order valence-electron chi connectivity index (χ0n) is 10.8. The van der Waals surface area contributed by atoms with Crippen molar-refractivity contribution < 1.29 is 9.18 Å². The molecule has 0 aliphatic carbocycles. The molecule has 3 heteroatoms. The van der Waals surface area contributed by atoms with Crippen molar-refractivity contribution in [3.8, 4) is 0 Å². The van der Waals surface area contributed by atoms with Gasteiger partial charge in [-0.2, -0.15) is 0 Å². The molecule has 1 nitrogen and oxygen atoms in total. The Morgan fingerprint density at radius 3 is 2.47 bits per heavy atom. The maximum Gasteiger partial charge on any atom is 0.171 e. The van der Waals surface area contributed by atoms with Crippen LogP contribution in [-0.2, 0) is 0 Å². The van der Waals surface area contributed by atoms with Crippen molar-refractivity contribution in [2.45, 2.75) is 19.8 Å². The number of hydrogen-bond donors (Lipinski definition) is 0. The number of halogens is 2. The van der Waals surface area contributed by atoms with E-state index in [-0.39, 0.29) is 16.7 Å². The van der Waals surface area contributed by atoms with Gasteiger partial charge in [-0.05, 0) is 30.2 Å². The monoisotopic (exact) mass is 276 g/mol.